The van der Waals surface area contributed by atoms with E-state index in [4.69, 9.17) is 0 Å². The minimum Gasteiger partial charge on any atom is -0.355 e. The summed E-state index contributed by atoms with van der Waals surface area (Å²) in [6.45, 7) is 0. The quantitative estimate of drug-likeness (QED) is 0.269. The van der Waals surface area contributed by atoms with Crippen LogP contribution in [-0.4, -0.2) is 15.0 Å². The van der Waals surface area contributed by atoms with Gasteiger partial charge in [-0.2, -0.15) is 0 Å². The zero-order valence-corrected chi connectivity index (χ0v) is 16.7. The van der Waals surface area contributed by atoms with Crippen LogP contribution in [0.15, 0.2) is 97.1 Å². The number of rotatable bonds is 2. The summed E-state index contributed by atoms with van der Waals surface area (Å²) in [6.07, 6.45) is 0. The van der Waals surface area contributed by atoms with Crippen molar-refractivity contribution in [3.63, 3.8) is 0 Å². The summed E-state index contributed by atoms with van der Waals surface area (Å²) in [6, 6.07) is 34.4. The number of benzene rings is 4. The van der Waals surface area contributed by atoms with Crippen LogP contribution in [0.2, 0.25) is 0 Å². The van der Waals surface area contributed by atoms with Gasteiger partial charge in [-0.25, -0.2) is 0 Å². The molecule has 0 atom stereocenters. The Balaban J connectivity index is 1.61. The largest absolute Gasteiger partial charge is 0.355 e. The van der Waals surface area contributed by atoms with E-state index in [-0.39, 0.29) is 0 Å². The number of aromatic nitrogens is 3. The standard InChI is InChI=1S/C28H19N3/c1-4-10-22-17(7-1)15-25(29-22)21-14-13-20-19-9-3-6-12-24(19)31-28(20)27(21)26-16-18-8-2-5-11-23(18)30-26/h1-16,29-31H. The molecule has 146 valence electrons. The van der Waals surface area contributed by atoms with Gasteiger partial charge in [0.2, 0.25) is 0 Å². The molecule has 0 bridgehead atoms. The van der Waals surface area contributed by atoms with Crippen molar-refractivity contribution in [3.05, 3.63) is 97.1 Å². The van der Waals surface area contributed by atoms with E-state index in [2.05, 4.69) is 112 Å². The monoisotopic (exact) mass is 397 g/mol. The Hall–Kier alpha value is -4.24. The normalized spacial score (nSPS) is 11.9. The molecule has 0 saturated carbocycles. The number of hydrogen-bond donors (Lipinski definition) is 3. The molecule has 0 saturated heterocycles. The molecule has 0 aliphatic carbocycles. The SMILES string of the molecule is c1ccc2[nH]c(-c3ccc4c([nH]c5ccccc54)c3-c3cc4ccccc4[nH]3)cc2c1. The second kappa shape index (κ2) is 6.13. The number of hydrogen-bond acceptors (Lipinski definition) is 0. The molecule has 7 aromatic rings. The maximum atomic E-state index is 3.70. The van der Waals surface area contributed by atoms with Gasteiger partial charge < -0.3 is 15.0 Å². The number of para-hydroxylation sites is 3. The van der Waals surface area contributed by atoms with Crippen molar-refractivity contribution in [1.82, 2.24) is 15.0 Å². The van der Waals surface area contributed by atoms with Crippen molar-refractivity contribution in [2.24, 2.45) is 0 Å². The lowest BCUT2D eigenvalue weighted by molar-refractivity contribution is 1.42. The molecule has 0 radical (unpaired) electrons. The second-order valence-electron chi connectivity index (χ2n) is 8.12. The Bertz CT molecular complexity index is 1680. The molecule has 7 rings (SSSR count). The molecule has 3 heteroatoms. The first-order valence-corrected chi connectivity index (χ1v) is 10.5. The van der Waals surface area contributed by atoms with Crippen LogP contribution in [0.3, 0.4) is 0 Å². The van der Waals surface area contributed by atoms with Gasteiger partial charge in [0.05, 0.1) is 5.52 Å². The molecule has 0 spiro atoms. The molecule has 31 heavy (non-hydrogen) atoms. The molecule has 0 aliphatic rings. The Morgan fingerprint density at radius 3 is 1.81 bits per heavy atom. The van der Waals surface area contributed by atoms with Gasteiger partial charge >= 0.3 is 0 Å². The van der Waals surface area contributed by atoms with Crippen LogP contribution in [0, 0.1) is 0 Å². The zero-order valence-electron chi connectivity index (χ0n) is 16.7. The van der Waals surface area contributed by atoms with Gasteiger partial charge in [0, 0.05) is 60.6 Å². The fourth-order valence-corrected chi connectivity index (χ4v) is 4.85. The van der Waals surface area contributed by atoms with Gasteiger partial charge in [-0.1, -0.05) is 66.7 Å². The summed E-state index contributed by atoms with van der Waals surface area (Å²) >= 11 is 0. The van der Waals surface area contributed by atoms with Crippen LogP contribution in [0.1, 0.15) is 0 Å². The molecular weight excluding hydrogens is 378 g/mol. The van der Waals surface area contributed by atoms with Crippen molar-refractivity contribution in [2.75, 3.05) is 0 Å². The van der Waals surface area contributed by atoms with Gasteiger partial charge in [-0.05, 0) is 30.3 Å². The topological polar surface area (TPSA) is 47.4 Å². The number of aromatic amines is 3. The molecule has 0 fully saturated rings. The second-order valence-corrected chi connectivity index (χ2v) is 8.12. The molecule has 3 N–H and O–H groups in total. The van der Waals surface area contributed by atoms with Crippen LogP contribution >= 0.6 is 0 Å². The Morgan fingerprint density at radius 1 is 0.452 bits per heavy atom. The van der Waals surface area contributed by atoms with Crippen molar-refractivity contribution in [2.45, 2.75) is 0 Å². The predicted octanol–water partition coefficient (Wildman–Crippen LogP) is 7.62. The summed E-state index contributed by atoms with van der Waals surface area (Å²) in [5, 5.41) is 4.92. The fraction of sp³-hybridized carbons (Fsp3) is 0. The molecule has 0 unspecified atom stereocenters. The molecule has 3 nitrogen and oxygen atoms in total. The third-order valence-electron chi connectivity index (χ3n) is 6.30. The molecule has 3 aromatic heterocycles. The van der Waals surface area contributed by atoms with Crippen LogP contribution < -0.4 is 0 Å². The highest BCUT2D eigenvalue weighted by Crippen LogP contribution is 2.41. The van der Waals surface area contributed by atoms with Crippen molar-refractivity contribution in [1.29, 1.82) is 0 Å². The molecule has 3 heterocycles. The van der Waals surface area contributed by atoms with E-state index < -0.39 is 0 Å². The molecular formula is C28H19N3. The van der Waals surface area contributed by atoms with E-state index in [0.717, 1.165) is 33.5 Å². The minimum atomic E-state index is 1.12. The van der Waals surface area contributed by atoms with Gasteiger partial charge in [0.25, 0.3) is 0 Å². The third-order valence-corrected chi connectivity index (χ3v) is 6.30. The molecule has 0 aliphatic heterocycles. The van der Waals surface area contributed by atoms with Crippen molar-refractivity contribution >= 4 is 43.6 Å². The summed E-state index contributed by atoms with van der Waals surface area (Å²) in [4.78, 5) is 11.0. The maximum absolute atomic E-state index is 3.70. The van der Waals surface area contributed by atoms with E-state index in [0.29, 0.717) is 0 Å². The summed E-state index contributed by atoms with van der Waals surface area (Å²) in [5.41, 5.74) is 9.22. The Kier molecular flexibility index (Phi) is 3.27. The van der Waals surface area contributed by atoms with Crippen LogP contribution in [0.4, 0.5) is 0 Å². The first kappa shape index (κ1) is 16.5. The van der Waals surface area contributed by atoms with Crippen LogP contribution in [0.25, 0.3) is 66.1 Å². The summed E-state index contributed by atoms with van der Waals surface area (Å²) in [7, 11) is 0. The Morgan fingerprint density at radius 2 is 1.06 bits per heavy atom. The average molecular weight is 397 g/mol. The van der Waals surface area contributed by atoms with Gasteiger partial charge in [-0.3, -0.25) is 0 Å². The lowest BCUT2D eigenvalue weighted by Crippen LogP contribution is -1.88. The number of nitrogens with one attached hydrogen (secondary N) is 3. The third kappa shape index (κ3) is 2.41. The molecule has 0 amide bonds. The van der Waals surface area contributed by atoms with Crippen molar-refractivity contribution < 1.29 is 0 Å². The first-order chi connectivity index (χ1) is 15.3. The highest BCUT2D eigenvalue weighted by molar-refractivity contribution is 6.15. The number of H-pyrrole nitrogens is 3. The lowest BCUT2D eigenvalue weighted by atomic mass is 9.98. The summed E-state index contributed by atoms with van der Waals surface area (Å²) in [5.74, 6) is 0. The van der Waals surface area contributed by atoms with E-state index in [9.17, 15) is 0 Å². The first-order valence-electron chi connectivity index (χ1n) is 10.5. The average Bonchev–Trinajstić information content (AvgIpc) is 3.52. The van der Waals surface area contributed by atoms with Crippen LogP contribution in [-0.2, 0) is 0 Å². The van der Waals surface area contributed by atoms with E-state index in [1.807, 2.05) is 0 Å². The van der Waals surface area contributed by atoms with Gasteiger partial charge in [0.15, 0.2) is 0 Å². The van der Waals surface area contributed by atoms with E-state index in [1.165, 1.54) is 32.7 Å². The highest BCUT2D eigenvalue weighted by atomic mass is 14.8. The molecule has 4 aromatic carbocycles. The van der Waals surface area contributed by atoms with E-state index >= 15 is 0 Å². The predicted molar refractivity (Wildman–Crippen MR) is 130 cm³/mol. The Labute approximate surface area is 178 Å². The lowest BCUT2D eigenvalue weighted by Gasteiger charge is -2.09. The van der Waals surface area contributed by atoms with Gasteiger partial charge in [0.1, 0.15) is 0 Å². The van der Waals surface area contributed by atoms with Gasteiger partial charge in [-0.15, -0.1) is 0 Å². The minimum absolute atomic E-state index is 1.12. The van der Waals surface area contributed by atoms with Crippen molar-refractivity contribution in [3.8, 4) is 22.5 Å². The highest BCUT2D eigenvalue weighted by Gasteiger charge is 2.18. The fourth-order valence-electron chi connectivity index (χ4n) is 4.85. The van der Waals surface area contributed by atoms with E-state index in [1.54, 1.807) is 0 Å². The van der Waals surface area contributed by atoms with Crippen LogP contribution in [0.5, 0.6) is 0 Å². The number of fused-ring (bicyclic) bond motifs is 5. The smallest absolute Gasteiger partial charge is 0.0566 e. The summed E-state index contributed by atoms with van der Waals surface area (Å²) < 4.78 is 0. The maximum Gasteiger partial charge on any atom is 0.0566 e. The zero-order chi connectivity index (χ0) is 20.4.